The SMILES string of the molecule is Fc1cnc2[nH]cc(-c3nccc(-c4ccccc4)n3)c2c1. The Kier molecular flexibility index (Phi) is 2.89. The second kappa shape index (κ2) is 5.04. The van der Waals surface area contributed by atoms with Crippen molar-refractivity contribution in [2.75, 3.05) is 0 Å². The van der Waals surface area contributed by atoms with Crippen LogP contribution >= 0.6 is 0 Å². The Bertz CT molecular complexity index is 947. The molecule has 0 aliphatic carbocycles. The fourth-order valence-corrected chi connectivity index (χ4v) is 2.42. The van der Waals surface area contributed by atoms with Gasteiger partial charge in [0.1, 0.15) is 11.5 Å². The number of rotatable bonds is 2. The van der Waals surface area contributed by atoms with Crippen LogP contribution < -0.4 is 0 Å². The fourth-order valence-electron chi connectivity index (χ4n) is 2.42. The van der Waals surface area contributed by atoms with E-state index in [0.29, 0.717) is 16.9 Å². The van der Waals surface area contributed by atoms with E-state index in [4.69, 9.17) is 0 Å². The van der Waals surface area contributed by atoms with Crippen molar-refractivity contribution in [3.8, 4) is 22.6 Å². The van der Waals surface area contributed by atoms with Gasteiger partial charge in [-0.05, 0) is 12.1 Å². The van der Waals surface area contributed by atoms with Gasteiger partial charge in [-0.15, -0.1) is 0 Å². The predicted molar refractivity (Wildman–Crippen MR) is 82.5 cm³/mol. The van der Waals surface area contributed by atoms with E-state index in [9.17, 15) is 4.39 Å². The molecule has 22 heavy (non-hydrogen) atoms. The number of pyridine rings is 1. The van der Waals surface area contributed by atoms with E-state index in [-0.39, 0.29) is 5.82 Å². The van der Waals surface area contributed by atoms with Crippen LogP contribution in [0.25, 0.3) is 33.7 Å². The lowest BCUT2D eigenvalue weighted by molar-refractivity contribution is 0.624. The van der Waals surface area contributed by atoms with Crippen LogP contribution in [0.1, 0.15) is 0 Å². The average Bonchev–Trinajstić information content (AvgIpc) is 2.99. The van der Waals surface area contributed by atoms with Gasteiger partial charge < -0.3 is 4.98 Å². The minimum Gasteiger partial charge on any atom is -0.345 e. The number of hydrogen-bond donors (Lipinski definition) is 1. The van der Waals surface area contributed by atoms with E-state index >= 15 is 0 Å². The molecule has 0 aliphatic rings. The molecule has 0 spiro atoms. The molecule has 4 nitrogen and oxygen atoms in total. The Labute approximate surface area is 125 Å². The average molecular weight is 290 g/mol. The number of aromatic amines is 1. The van der Waals surface area contributed by atoms with E-state index in [0.717, 1.165) is 16.8 Å². The Balaban J connectivity index is 1.87. The molecule has 106 valence electrons. The van der Waals surface area contributed by atoms with Crippen molar-refractivity contribution in [1.29, 1.82) is 0 Å². The molecule has 0 saturated heterocycles. The monoisotopic (exact) mass is 290 g/mol. The van der Waals surface area contributed by atoms with Gasteiger partial charge in [0, 0.05) is 28.9 Å². The highest BCUT2D eigenvalue weighted by molar-refractivity contribution is 5.91. The molecule has 0 radical (unpaired) electrons. The standard InChI is InChI=1S/C17H11FN4/c18-12-8-13-14(10-21-16(13)20-9-12)17-19-7-6-15(22-17)11-4-2-1-3-5-11/h1-10H,(H,20,21). The summed E-state index contributed by atoms with van der Waals surface area (Å²) in [7, 11) is 0. The quantitative estimate of drug-likeness (QED) is 0.610. The maximum atomic E-state index is 13.4. The van der Waals surface area contributed by atoms with Crippen LogP contribution in [-0.2, 0) is 0 Å². The number of aromatic nitrogens is 4. The lowest BCUT2D eigenvalue weighted by atomic mass is 10.1. The van der Waals surface area contributed by atoms with Crippen LogP contribution in [0.2, 0.25) is 0 Å². The Morgan fingerprint density at radius 1 is 1.00 bits per heavy atom. The maximum Gasteiger partial charge on any atom is 0.161 e. The van der Waals surface area contributed by atoms with Gasteiger partial charge in [0.25, 0.3) is 0 Å². The number of H-pyrrole nitrogens is 1. The lowest BCUT2D eigenvalue weighted by Gasteiger charge is -2.03. The summed E-state index contributed by atoms with van der Waals surface area (Å²) in [5.41, 5.74) is 3.18. The van der Waals surface area contributed by atoms with E-state index in [1.807, 2.05) is 36.4 Å². The third-order valence-electron chi connectivity index (χ3n) is 3.46. The van der Waals surface area contributed by atoms with Gasteiger partial charge in [-0.3, -0.25) is 0 Å². The number of fused-ring (bicyclic) bond motifs is 1. The molecule has 0 amide bonds. The number of hydrogen-bond acceptors (Lipinski definition) is 3. The van der Waals surface area contributed by atoms with Crippen molar-refractivity contribution in [3.05, 3.63) is 66.9 Å². The molecule has 3 aromatic heterocycles. The summed E-state index contributed by atoms with van der Waals surface area (Å²) in [5.74, 6) is 0.160. The van der Waals surface area contributed by atoms with Crippen LogP contribution in [-0.4, -0.2) is 19.9 Å². The maximum absolute atomic E-state index is 13.4. The van der Waals surface area contributed by atoms with Crippen LogP contribution in [0.15, 0.2) is 61.1 Å². The molecule has 4 rings (SSSR count). The van der Waals surface area contributed by atoms with Crippen molar-refractivity contribution >= 4 is 11.0 Å². The van der Waals surface area contributed by atoms with Gasteiger partial charge in [0.15, 0.2) is 5.82 Å². The van der Waals surface area contributed by atoms with E-state index in [2.05, 4.69) is 19.9 Å². The van der Waals surface area contributed by atoms with Crippen molar-refractivity contribution in [2.45, 2.75) is 0 Å². The first-order valence-corrected chi connectivity index (χ1v) is 6.83. The lowest BCUT2D eigenvalue weighted by Crippen LogP contribution is -1.91. The molecule has 0 bridgehead atoms. The first-order valence-electron chi connectivity index (χ1n) is 6.83. The summed E-state index contributed by atoms with van der Waals surface area (Å²) >= 11 is 0. The molecule has 3 heterocycles. The topological polar surface area (TPSA) is 54.5 Å². The second-order valence-electron chi connectivity index (χ2n) is 4.88. The van der Waals surface area contributed by atoms with E-state index in [1.54, 1.807) is 12.4 Å². The van der Waals surface area contributed by atoms with Gasteiger partial charge in [0.05, 0.1) is 11.9 Å². The normalized spacial score (nSPS) is 11.0. The minimum atomic E-state index is -0.382. The molecule has 1 N–H and O–H groups in total. The molecule has 1 aromatic carbocycles. The molecule has 0 saturated carbocycles. The van der Waals surface area contributed by atoms with Gasteiger partial charge in [-0.25, -0.2) is 19.3 Å². The zero-order valence-corrected chi connectivity index (χ0v) is 11.5. The zero-order valence-electron chi connectivity index (χ0n) is 11.5. The van der Waals surface area contributed by atoms with Gasteiger partial charge in [-0.1, -0.05) is 30.3 Å². The Morgan fingerprint density at radius 3 is 2.73 bits per heavy atom. The number of benzene rings is 1. The summed E-state index contributed by atoms with van der Waals surface area (Å²) in [6.07, 6.45) is 4.64. The largest absolute Gasteiger partial charge is 0.345 e. The van der Waals surface area contributed by atoms with E-state index in [1.165, 1.54) is 12.3 Å². The van der Waals surface area contributed by atoms with Crippen molar-refractivity contribution < 1.29 is 4.39 Å². The van der Waals surface area contributed by atoms with Crippen LogP contribution in [0, 0.1) is 5.82 Å². The van der Waals surface area contributed by atoms with Gasteiger partial charge in [-0.2, -0.15) is 0 Å². The highest BCUT2D eigenvalue weighted by Gasteiger charge is 2.11. The Hall–Kier alpha value is -3.08. The van der Waals surface area contributed by atoms with E-state index < -0.39 is 0 Å². The molecule has 0 unspecified atom stereocenters. The van der Waals surface area contributed by atoms with Crippen LogP contribution in [0.3, 0.4) is 0 Å². The molecule has 0 fully saturated rings. The first kappa shape index (κ1) is 12.6. The predicted octanol–water partition coefficient (Wildman–Crippen LogP) is 3.83. The second-order valence-corrected chi connectivity index (χ2v) is 4.88. The third kappa shape index (κ3) is 2.13. The number of nitrogens with one attached hydrogen (secondary N) is 1. The van der Waals surface area contributed by atoms with Gasteiger partial charge >= 0.3 is 0 Å². The van der Waals surface area contributed by atoms with Crippen molar-refractivity contribution in [3.63, 3.8) is 0 Å². The molecular formula is C17H11FN4. The van der Waals surface area contributed by atoms with Crippen molar-refractivity contribution in [1.82, 2.24) is 19.9 Å². The minimum absolute atomic E-state index is 0.382. The highest BCUT2D eigenvalue weighted by atomic mass is 19.1. The van der Waals surface area contributed by atoms with Crippen molar-refractivity contribution in [2.24, 2.45) is 0 Å². The molecule has 5 heteroatoms. The summed E-state index contributed by atoms with van der Waals surface area (Å²) in [6, 6.07) is 13.1. The number of halogens is 1. The molecule has 0 atom stereocenters. The third-order valence-corrected chi connectivity index (χ3v) is 3.46. The number of nitrogens with zero attached hydrogens (tertiary/aromatic N) is 3. The van der Waals surface area contributed by atoms with Crippen LogP contribution in [0.4, 0.5) is 4.39 Å². The molecule has 0 aliphatic heterocycles. The van der Waals surface area contributed by atoms with Gasteiger partial charge in [0.2, 0.25) is 0 Å². The fraction of sp³-hybridized carbons (Fsp3) is 0. The highest BCUT2D eigenvalue weighted by Crippen LogP contribution is 2.27. The molecule has 4 aromatic rings. The summed E-state index contributed by atoms with van der Waals surface area (Å²) in [6.45, 7) is 0. The summed E-state index contributed by atoms with van der Waals surface area (Å²) in [4.78, 5) is 15.9. The Morgan fingerprint density at radius 2 is 1.86 bits per heavy atom. The smallest absolute Gasteiger partial charge is 0.161 e. The molecular weight excluding hydrogens is 279 g/mol. The summed E-state index contributed by atoms with van der Waals surface area (Å²) in [5, 5.41) is 0.671. The summed E-state index contributed by atoms with van der Waals surface area (Å²) < 4.78 is 13.4. The van der Waals surface area contributed by atoms with Crippen LogP contribution in [0.5, 0.6) is 0 Å². The zero-order chi connectivity index (χ0) is 14.9. The first-order chi connectivity index (χ1) is 10.8.